The molecule has 0 bridgehead atoms. The van der Waals surface area contributed by atoms with Crippen molar-refractivity contribution in [3.05, 3.63) is 112 Å². The SMILES string of the molecule is CCOc1ccc([C@@H]2C(C(=O)OC)=CN=c3s/c(=C\c4cc(I)c(OCc5ccccc5)c(OC)c4)c(=O)n32)cc1OCC. The first kappa shape index (κ1) is 31.3. The van der Waals surface area contributed by atoms with Crippen molar-refractivity contribution in [2.75, 3.05) is 27.4 Å². The molecule has 11 heteroatoms. The minimum atomic E-state index is -0.779. The summed E-state index contributed by atoms with van der Waals surface area (Å²) in [6, 6.07) is 18.3. The smallest absolute Gasteiger partial charge is 0.337 e. The highest BCUT2D eigenvalue weighted by Gasteiger charge is 2.31. The summed E-state index contributed by atoms with van der Waals surface area (Å²) in [5.41, 5.74) is 2.39. The Morgan fingerprint density at radius 2 is 1.73 bits per heavy atom. The van der Waals surface area contributed by atoms with Crippen LogP contribution in [0.4, 0.5) is 0 Å². The van der Waals surface area contributed by atoms with Crippen molar-refractivity contribution >= 4 is 46.0 Å². The van der Waals surface area contributed by atoms with Gasteiger partial charge in [-0.05, 0) is 83.5 Å². The van der Waals surface area contributed by atoms with Crippen molar-refractivity contribution in [2.45, 2.75) is 26.5 Å². The zero-order valence-electron chi connectivity index (χ0n) is 24.7. The number of carbonyl (C=O) groups excluding carboxylic acids is 1. The Hall–Kier alpha value is -4.10. The molecule has 0 amide bonds. The number of hydrogen-bond acceptors (Lipinski definition) is 9. The zero-order valence-corrected chi connectivity index (χ0v) is 27.6. The molecule has 3 aromatic carbocycles. The molecule has 228 valence electrons. The minimum Gasteiger partial charge on any atom is -0.493 e. The number of nitrogens with zero attached hydrogens (tertiary/aromatic N) is 2. The van der Waals surface area contributed by atoms with Gasteiger partial charge >= 0.3 is 5.97 Å². The Balaban J connectivity index is 1.57. The first-order chi connectivity index (χ1) is 21.4. The Labute approximate surface area is 272 Å². The predicted molar refractivity (Wildman–Crippen MR) is 176 cm³/mol. The quantitative estimate of drug-likeness (QED) is 0.159. The van der Waals surface area contributed by atoms with Gasteiger partial charge in [0.15, 0.2) is 27.8 Å². The van der Waals surface area contributed by atoms with Gasteiger partial charge in [0.05, 0.1) is 47.2 Å². The fraction of sp³-hybridized carbons (Fsp3) is 0.242. The summed E-state index contributed by atoms with van der Waals surface area (Å²) in [5.74, 6) is 1.69. The minimum absolute atomic E-state index is 0.231. The number of fused-ring (bicyclic) bond motifs is 1. The lowest BCUT2D eigenvalue weighted by atomic mass is 9.97. The molecule has 0 saturated heterocycles. The van der Waals surface area contributed by atoms with Crippen LogP contribution in [-0.4, -0.2) is 38.0 Å². The van der Waals surface area contributed by atoms with Crippen LogP contribution < -0.4 is 33.8 Å². The second-order valence-corrected chi connectivity index (χ2v) is 11.7. The summed E-state index contributed by atoms with van der Waals surface area (Å²) in [6.45, 7) is 5.05. The number of rotatable bonds is 11. The molecule has 44 heavy (non-hydrogen) atoms. The maximum absolute atomic E-state index is 14.0. The number of benzene rings is 3. The lowest BCUT2D eigenvalue weighted by Crippen LogP contribution is -2.39. The number of hydrogen-bond donors (Lipinski definition) is 0. The Morgan fingerprint density at radius 3 is 2.43 bits per heavy atom. The molecule has 1 aliphatic rings. The van der Waals surface area contributed by atoms with E-state index in [-0.39, 0.29) is 11.1 Å². The highest BCUT2D eigenvalue weighted by atomic mass is 127. The van der Waals surface area contributed by atoms with E-state index < -0.39 is 12.0 Å². The first-order valence-electron chi connectivity index (χ1n) is 13.9. The van der Waals surface area contributed by atoms with E-state index in [9.17, 15) is 9.59 Å². The monoisotopic (exact) mass is 726 g/mol. The Bertz CT molecular complexity index is 1880. The molecule has 5 rings (SSSR count). The number of aromatic nitrogens is 1. The number of carbonyl (C=O) groups is 1. The molecule has 1 aliphatic heterocycles. The van der Waals surface area contributed by atoms with Crippen LogP contribution >= 0.6 is 33.9 Å². The molecule has 0 fully saturated rings. The molecule has 0 saturated carbocycles. The maximum atomic E-state index is 14.0. The third-order valence-electron chi connectivity index (χ3n) is 6.78. The number of esters is 1. The van der Waals surface area contributed by atoms with Crippen LogP contribution in [0.15, 0.2) is 82.2 Å². The van der Waals surface area contributed by atoms with Crippen LogP contribution in [-0.2, 0) is 16.1 Å². The van der Waals surface area contributed by atoms with Crippen molar-refractivity contribution in [2.24, 2.45) is 4.99 Å². The van der Waals surface area contributed by atoms with Crippen molar-refractivity contribution < 1.29 is 28.5 Å². The van der Waals surface area contributed by atoms with Crippen LogP contribution in [0, 0.1) is 3.57 Å². The molecule has 4 aromatic rings. The molecule has 0 radical (unpaired) electrons. The molecule has 1 aromatic heterocycles. The Kier molecular flexibility index (Phi) is 10.1. The largest absolute Gasteiger partial charge is 0.493 e. The van der Waals surface area contributed by atoms with E-state index in [1.165, 1.54) is 29.2 Å². The van der Waals surface area contributed by atoms with Crippen LogP contribution in [0.5, 0.6) is 23.0 Å². The number of thiazole rings is 1. The van der Waals surface area contributed by atoms with Gasteiger partial charge in [0, 0.05) is 6.20 Å². The third kappa shape index (κ3) is 6.53. The normalized spacial score (nSPS) is 14.2. The Morgan fingerprint density at radius 1 is 0.977 bits per heavy atom. The predicted octanol–water partition coefficient (Wildman–Crippen LogP) is 5.01. The fourth-order valence-corrected chi connectivity index (χ4v) is 6.58. The van der Waals surface area contributed by atoms with Crippen LogP contribution in [0.25, 0.3) is 6.08 Å². The summed E-state index contributed by atoms with van der Waals surface area (Å²) < 4.78 is 31.2. The van der Waals surface area contributed by atoms with Gasteiger partial charge in [-0.1, -0.05) is 47.7 Å². The molecular weight excluding hydrogens is 695 g/mol. The van der Waals surface area contributed by atoms with E-state index in [0.717, 1.165) is 14.7 Å². The summed E-state index contributed by atoms with van der Waals surface area (Å²) >= 11 is 3.44. The molecule has 0 spiro atoms. The van der Waals surface area contributed by atoms with Gasteiger partial charge in [-0.2, -0.15) is 0 Å². The van der Waals surface area contributed by atoms with Gasteiger partial charge in [-0.25, -0.2) is 9.79 Å². The van der Waals surface area contributed by atoms with E-state index in [0.29, 0.717) is 57.7 Å². The second kappa shape index (κ2) is 14.1. The zero-order chi connectivity index (χ0) is 31.2. The molecule has 0 unspecified atom stereocenters. The summed E-state index contributed by atoms with van der Waals surface area (Å²) in [6.07, 6.45) is 3.26. The van der Waals surface area contributed by atoms with Gasteiger partial charge < -0.3 is 23.7 Å². The lowest BCUT2D eigenvalue weighted by molar-refractivity contribution is -0.136. The first-order valence-corrected chi connectivity index (χ1v) is 15.8. The van der Waals surface area contributed by atoms with Crippen LogP contribution in [0.3, 0.4) is 0 Å². The van der Waals surface area contributed by atoms with Gasteiger partial charge in [0.25, 0.3) is 5.56 Å². The van der Waals surface area contributed by atoms with E-state index in [1.54, 1.807) is 25.3 Å². The van der Waals surface area contributed by atoms with Crippen molar-refractivity contribution in [1.82, 2.24) is 4.57 Å². The second-order valence-electron chi connectivity index (χ2n) is 9.56. The standard InChI is InChI=1S/C33H31IN2O7S/c1-5-41-25-13-12-22(17-26(25)42-6-2)29-23(32(38)40-4)18-35-33-36(29)31(37)28(44-33)16-21-14-24(34)30(27(15-21)39-3)43-19-20-10-8-7-9-11-20/h7-18,29H,5-6,19H2,1-4H3/b28-16-/t29-/m1/s1. The van der Waals surface area contributed by atoms with Gasteiger partial charge in [0.2, 0.25) is 0 Å². The van der Waals surface area contributed by atoms with E-state index in [4.69, 9.17) is 23.7 Å². The van der Waals surface area contributed by atoms with E-state index in [1.807, 2.05) is 62.4 Å². The average molecular weight is 727 g/mol. The molecule has 0 N–H and O–H groups in total. The summed E-state index contributed by atoms with van der Waals surface area (Å²) in [5, 5.41) is 0. The number of ether oxygens (including phenoxy) is 5. The molecule has 9 nitrogen and oxygen atoms in total. The molecule has 0 aliphatic carbocycles. The van der Waals surface area contributed by atoms with Crippen molar-refractivity contribution in [3.63, 3.8) is 0 Å². The van der Waals surface area contributed by atoms with Crippen LogP contribution in [0.1, 0.15) is 36.6 Å². The molecule has 1 atom stereocenters. The third-order valence-corrected chi connectivity index (χ3v) is 8.58. The molecule has 2 heterocycles. The van der Waals surface area contributed by atoms with Gasteiger partial charge in [0.1, 0.15) is 6.61 Å². The summed E-state index contributed by atoms with van der Waals surface area (Å²) in [7, 11) is 2.89. The highest BCUT2D eigenvalue weighted by molar-refractivity contribution is 14.1. The van der Waals surface area contributed by atoms with E-state index in [2.05, 4.69) is 27.6 Å². The van der Waals surface area contributed by atoms with Crippen molar-refractivity contribution in [1.29, 1.82) is 0 Å². The maximum Gasteiger partial charge on any atom is 0.337 e. The fourth-order valence-electron chi connectivity index (χ4n) is 4.83. The molecular formula is C33H31IN2O7S. The summed E-state index contributed by atoms with van der Waals surface area (Å²) in [4.78, 5) is 31.8. The van der Waals surface area contributed by atoms with Gasteiger partial charge in [-0.3, -0.25) is 9.36 Å². The lowest BCUT2D eigenvalue weighted by Gasteiger charge is -2.23. The van der Waals surface area contributed by atoms with Crippen molar-refractivity contribution in [3.8, 4) is 23.0 Å². The highest BCUT2D eigenvalue weighted by Crippen LogP contribution is 2.36. The number of methoxy groups -OCH3 is 2. The van der Waals surface area contributed by atoms with E-state index >= 15 is 0 Å². The van der Waals surface area contributed by atoms with Crippen LogP contribution in [0.2, 0.25) is 0 Å². The number of halogens is 1. The van der Waals surface area contributed by atoms with Gasteiger partial charge in [-0.15, -0.1) is 0 Å². The topological polar surface area (TPSA) is 97.6 Å². The average Bonchev–Trinajstić information content (AvgIpc) is 3.35.